The average Bonchev–Trinajstić information content (AvgIpc) is 2.91. The van der Waals surface area contributed by atoms with Crippen LogP contribution in [-0.2, 0) is 4.79 Å². The molecule has 7 heteroatoms. The number of carboxylic acids is 1. The molecule has 2 heterocycles. The maximum absolute atomic E-state index is 11.7. The Labute approximate surface area is 102 Å². The highest BCUT2D eigenvalue weighted by Gasteiger charge is 2.31. The smallest absolute Gasteiger partial charge is 0.371 e. The van der Waals surface area contributed by atoms with Gasteiger partial charge in [0.15, 0.2) is 5.76 Å². The molecule has 2 amide bonds. The second kappa shape index (κ2) is 4.52. The molecule has 0 saturated carbocycles. The number of carbonyl (C=O) groups excluding carboxylic acids is 2. The Morgan fingerprint density at radius 3 is 2.61 bits per heavy atom. The van der Waals surface area contributed by atoms with Crippen molar-refractivity contribution < 1.29 is 23.9 Å². The van der Waals surface area contributed by atoms with Crippen LogP contribution in [0, 0.1) is 0 Å². The van der Waals surface area contributed by atoms with E-state index in [2.05, 4.69) is 5.32 Å². The number of nitrogens with zero attached hydrogens (tertiary/aromatic N) is 1. The zero-order valence-corrected chi connectivity index (χ0v) is 9.67. The molecule has 0 radical (unpaired) electrons. The van der Waals surface area contributed by atoms with E-state index in [0.29, 0.717) is 13.0 Å². The van der Waals surface area contributed by atoms with Crippen LogP contribution in [0.25, 0.3) is 0 Å². The van der Waals surface area contributed by atoms with Crippen LogP contribution in [0.5, 0.6) is 0 Å². The summed E-state index contributed by atoms with van der Waals surface area (Å²) in [7, 11) is 1.66. The number of rotatable bonds is 3. The van der Waals surface area contributed by atoms with Crippen molar-refractivity contribution in [1.29, 1.82) is 0 Å². The maximum Gasteiger partial charge on any atom is 0.371 e. The molecule has 2 N–H and O–H groups in total. The van der Waals surface area contributed by atoms with Gasteiger partial charge in [-0.15, -0.1) is 0 Å². The van der Waals surface area contributed by atoms with Gasteiger partial charge in [-0.2, -0.15) is 0 Å². The van der Waals surface area contributed by atoms with E-state index in [-0.39, 0.29) is 17.4 Å². The zero-order valence-electron chi connectivity index (χ0n) is 9.67. The van der Waals surface area contributed by atoms with E-state index in [9.17, 15) is 14.4 Å². The van der Waals surface area contributed by atoms with E-state index < -0.39 is 17.9 Å². The Bertz CT molecular complexity index is 507. The van der Waals surface area contributed by atoms with Crippen LogP contribution in [-0.4, -0.2) is 47.4 Å². The van der Waals surface area contributed by atoms with E-state index in [0.717, 1.165) is 0 Å². The van der Waals surface area contributed by atoms with Crippen LogP contribution < -0.4 is 5.32 Å². The van der Waals surface area contributed by atoms with Crippen molar-refractivity contribution in [3.63, 3.8) is 0 Å². The molecular weight excluding hydrogens is 240 g/mol. The van der Waals surface area contributed by atoms with Gasteiger partial charge in [0.2, 0.25) is 11.7 Å². The highest BCUT2D eigenvalue weighted by Crippen LogP contribution is 2.11. The summed E-state index contributed by atoms with van der Waals surface area (Å²) in [6.07, 6.45) is 0.535. The third kappa shape index (κ3) is 2.20. The third-order valence-electron chi connectivity index (χ3n) is 2.77. The number of amides is 2. The van der Waals surface area contributed by atoms with Crippen LogP contribution in [0.2, 0.25) is 0 Å². The van der Waals surface area contributed by atoms with Crippen molar-refractivity contribution in [1.82, 2.24) is 10.2 Å². The summed E-state index contributed by atoms with van der Waals surface area (Å²) in [4.78, 5) is 35.4. The Hall–Kier alpha value is -2.31. The molecule has 18 heavy (non-hydrogen) atoms. The summed E-state index contributed by atoms with van der Waals surface area (Å²) < 4.78 is 4.84. The van der Waals surface area contributed by atoms with Gasteiger partial charge in [0.25, 0.3) is 5.91 Å². The van der Waals surface area contributed by atoms with E-state index in [1.54, 1.807) is 7.05 Å². The fourth-order valence-corrected chi connectivity index (χ4v) is 1.76. The van der Waals surface area contributed by atoms with Gasteiger partial charge in [-0.05, 0) is 18.6 Å². The number of likely N-dealkylation sites (N-methyl/N-ethyl adjacent to an activating group) is 1. The van der Waals surface area contributed by atoms with Gasteiger partial charge in [0.1, 0.15) is 6.04 Å². The van der Waals surface area contributed by atoms with Crippen molar-refractivity contribution in [3.8, 4) is 0 Å². The van der Waals surface area contributed by atoms with Crippen LogP contribution in [0.4, 0.5) is 0 Å². The molecule has 1 aromatic heterocycles. The van der Waals surface area contributed by atoms with Gasteiger partial charge in [-0.1, -0.05) is 0 Å². The molecular formula is C11H12N2O5. The molecule has 1 aromatic rings. The van der Waals surface area contributed by atoms with Gasteiger partial charge in [0, 0.05) is 13.6 Å². The summed E-state index contributed by atoms with van der Waals surface area (Å²) in [5, 5.41) is 11.2. The molecule has 1 saturated heterocycles. The number of nitrogens with one attached hydrogen (secondary N) is 1. The van der Waals surface area contributed by atoms with Crippen LogP contribution >= 0.6 is 0 Å². The first kappa shape index (κ1) is 12.2. The van der Waals surface area contributed by atoms with E-state index in [1.165, 1.54) is 17.0 Å². The van der Waals surface area contributed by atoms with Crippen molar-refractivity contribution in [2.24, 2.45) is 0 Å². The van der Waals surface area contributed by atoms with Gasteiger partial charge in [-0.25, -0.2) is 4.79 Å². The number of furan rings is 1. The molecule has 0 aliphatic carbocycles. The lowest BCUT2D eigenvalue weighted by molar-refractivity contribution is -0.128. The van der Waals surface area contributed by atoms with Crippen LogP contribution in [0.1, 0.15) is 27.5 Å². The first-order valence-corrected chi connectivity index (χ1v) is 5.38. The first-order valence-electron chi connectivity index (χ1n) is 5.38. The van der Waals surface area contributed by atoms with Crippen molar-refractivity contribution in [3.05, 3.63) is 23.7 Å². The minimum absolute atomic E-state index is 0.116. The first-order chi connectivity index (χ1) is 8.49. The second-order valence-corrected chi connectivity index (χ2v) is 4.04. The van der Waals surface area contributed by atoms with Gasteiger partial charge in [0.05, 0.1) is 0 Å². The minimum atomic E-state index is -1.24. The Balaban J connectivity index is 2.03. The molecule has 1 atom stereocenters. The summed E-state index contributed by atoms with van der Waals surface area (Å²) >= 11 is 0. The normalized spacial score (nSPS) is 19.1. The van der Waals surface area contributed by atoms with Crippen molar-refractivity contribution >= 4 is 17.8 Å². The Kier molecular flexibility index (Phi) is 3.05. The predicted molar refractivity (Wildman–Crippen MR) is 59.2 cm³/mol. The summed E-state index contributed by atoms with van der Waals surface area (Å²) in [5.41, 5.74) is 0. The summed E-state index contributed by atoms with van der Waals surface area (Å²) in [6.45, 7) is 0.586. The molecule has 7 nitrogen and oxygen atoms in total. The Morgan fingerprint density at radius 1 is 1.44 bits per heavy atom. The number of hydrogen-bond acceptors (Lipinski definition) is 4. The topological polar surface area (TPSA) is 99.8 Å². The molecule has 1 fully saturated rings. The molecule has 1 aliphatic rings. The molecule has 0 aromatic carbocycles. The lowest BCUT2D eigenvalue weighted by Gasteiger charge is -2.10. The molecule has 0 spiro atoms. The SMILES string of the molecule is CN1CCC(NC(=O)c2ccc(C(=O)O)o2)C1=O. The molecule has 96 valence electrons. The minimum Gasteiger partial charge on any atom is -0.475 e. The summed E-state index contributed by atoms with van der Waals surface area (Å²) in [6, 6.07) is 1.89. The fraction of sp³-hybridized carbons (Fsp3) is 0.364. The largest absolute Gasteiger partial charge is 0.475 e. The monoisotopic (exact) mass is 252 g/mol. The van der Waals surface area contributed by atoms with E-state index in [1.807, 2.05) is 0 Å². The second-order valence-electron chi connectivity index (χ2n) is 4.04. The standard InChI is InChI=1S/C11H12N2O5/c1-13-5-4-6(10(13)15)12-9(14)7-2-3-8(18-7)11(16)17/h2-3,6H,4-5H2,1H3,(H,12,14)(H,16,17). The van der Waals surface area contributed by atoms with E-state index >= 15 is 0 Å². The molecule has 1 aliphatic heterocycles. The fourth-order valence-electron chi connectivity index (χ4n) is 1.76. The van der Waals surface area contributed by atoms with E-state index in [4.69, 9.17) is 9.52 Å². The van der Waals surface area contributed by atoms with Gasteiger partial charge in [-0.3, -0.25) is 9.59 Å². The zero-order chi connectivity index (χ0) is 13.3. The lowest BCUT2D eigenvalue weighted by Crippen LogP contribution is -2.40. The van der Waals surface area contributed by atoms with Gasteiger partial charge < -0.3 is 19.7 Å². The van der Waals surface area contributed by atoms with Crippen molar-refractivity contribution in [2.75, 3.05) is 13.6 Å². The number of likely N-dealkylation sites (tertiary alicyclic amines) is 1. The van der Waals surface area contributed by atoms with Crippen LogP contribution in [0.3, 0.4) is 0 Å². The maximum atomic E-state index is 11.7. The molecule has 2 rings (SSSR count). The highest BCUT2D eigenvalue weighted by atomic mass is 16.4. The highest BCUT2D eigenvalue weighted by molar-refractivity contribution is 5.97. The average molecular weight is 252 g/mol. The number of aromatic carboxylic acids is 1. The van der Waals surface area contributed by atoms with Gasteiger partial charge >= 0.3 is 5.97 Å². The number of carboxylic acid groups (broad SMARTS) is 1. The molecule has 0 bridgehead atoms. The number of hydrogen-bond donors (Lipinski definition) is 2. The lowest BCUT2D eigenvalue weighted by atomic mass is 10.2. The number of carbonyl (C=O) groups is 3. The third-order valence-corrected chi connectivity index (χ3v) is 2.77. The Morgan fingerprint density at radius 2 is 2.11 bits per heavy atom. The van der Waals surface area contributed by atoms with Crippen LogP contribution in [0.15, 0.2) is 16.5 Å². The van der Waals surface area contributed by atoms with Crippen molar-refractivity contribution in [2.45, 2.75) is 12.5 Å². The molecule has 1 unspecified atom stereocenters. The quantitative estimate of drug-likeness (QED) is 0.784. The summed E-state index contributed by atoms with van der Waals surface area (Å²) in [5.74, 6) is -2.42. The predicted octanol–water partition coefficient (Wildman–Crippen LogP) is -0.0617.